The number of fused-ring (bicyclic) bond motifs is 1. The van der Waals surface area contributed by atoms with E-state index in [0.29, 0.717) is 30.5 Å². The van der Waals surface area contributed by atoms with Gasteiger partial charge in [-0.1, -0.05) is 103 Å². The summed E-state index contributed by atoms with van der Waals surface area (Å²) in [7, 11) is 0. The van der Waals surface area contributed by atoms with Gasteiger partial charge in [-0.3, -0.25) is 0 Å². The van der Waals surface area contributed by atoms with Crippen LogP contribution in [0, 0.1) is 34.5 Å². The molecule has 2 aromatic carbocycles. The molecule has 6 unspecified atom stereocenters. The number of aryl methyl sites for hydroxylation is 2. The Labute approximate surface area is 314 Å². The van der Waals surface area contributed by atoms with Crippen molar-refractivity contribution in [2.45, 2.75) is 131 Å². The Morgan fingerprint density at radius 3 is 1.72 bits per heavy atom. The molecule has 50 heavy (non-hydrogen) atoms. The van der Waals surface area contributed by atoms with Crippen molar-refractivity contribution < 1.29 is 19.3 Å². The van der Waals surface area contributed by atoms with Crippen LogP contribution in [0.3, 0.4) is 0 Å². The smallest absolute Gasteiger partial charge is 0.0701 e. The van der Waals surface area contributed by atoms with E-state index in [-0.39, 0.29) is 40.5 Å². The minimum Gasteiger partial charge on any atom is -0.396 e. The summed E-state index contributed by atoms with van der Waals surface area (Å²) in [5.74, 6) is 0.985. The summed E-state index contributed by atoms with van der Waals surface area (Å²) in [5, 5.41) is 11.7. The highest BCUT2D eigenvalue weighted by Crippen LogP contribution is 2.51. The van der Waals surface area contributed by atoms with Gasteiger partial charge in [0.1, 0.15) is 0 Å². The third kappa shape index (κ3) is 9.12. The normalized spacial score (nSPS) is 30.7. The van der Waals surface area contributed by atoms with Crippen molar-refractivity contribution in [3.63, 3.8) is 0 Å². The number of nitrogens with two attached hydrogens (primary N) is 1. The Kier molecular flexibility index (Phi) is 12.7. The maximum absolute atomic E-state index is 10.0. The average Bonchev–Trinajstić information content (AvgIpc) is 3.46. The maximum atomic E-state index is 10.0. The molecule has 3 aliphatic rings. The quantitative estimate of drug-likeness (QED) is 0.297. The SMILES string of the molecule is CC1C(CO)C(N)(c2ccc(CCC(C)(C)C)c(Cl)c2)COC1(C)C.CC1C2COCC2(c2ccc(CCC(C)(C)C)c(Cl)c2)COC1(C)C. The van der Waals surface area contributed by atoms with Crippen LogP contribution in [0.4, 0.5) is 0 Å². The molecule has 3 N–H and O–H groups in total. The van der Waals surface area contributed by atoms with Crippen LogP contribution in [0.5, 0.6) is 0 Å². The predicted octanol–water partition coefficient (Wildman–Crippen LogP) is 10.2. The lowest BCUT2D eigenvalue weighted by Gasteiger charge is -2.51. The van der Waals surface area contributed by atoms with Crippen LogP contribution >= 0.6 is 23.2 Å². The predicted molar refractivity (Wildman–Crippen MR) is 209 cm³/mol. The number of aliphatic hydroxyl groups excluding tert-OH is 1. The molecule has 0 radical (unpaired) electrons. The fraction of sp³-hybridized carbons (Fsp3) is 0.721. The van der Waals surface area contributed by atoms with Crippen LogP contribution in [0.15, 0.2) is 36.4 Å². The molecule has 5 nitrogen and oxygen atoms in total. The first-order valence-electron chi connectivity index (χ1n) is 18.8. The molecule has 0 saturated carbocycles. The van der Waals surface area contributed by atoms with Crippen LogP contribution in [0.2, 0.25) is 10.0 Å². The third-order valence-electron chi connectivity index (χ3n) is 12.5. The zero-order valence-electron chi connectivity index (χ0n) is 33.1. The number of halogens is 2. The second-order valence-electron chi connectivity index (χ2n) is 19.2. The number of benzene rings is 2. The molecule has 282 valence electrons. The highest BCUT2D eigenvalue weighted by atomic mass is 35.5. The van der Waals surface area contributed by atoms with E-state index in [2.05, 4.69) is 113 Å². The molecule has 0 bridgehead atoms. The van der Waals surface area contributed by atoms with Gasteiger partial charge < -0.3 is 25.1 Å². The van der Waals surface area contributed by atoms with E-state index < -0.39 is 5.54 Å². The fourth-order valence-corrected chi connectivity index (χ4v) is 8.48. The van der Waals surface area contributed by atoms with Gasteiger partial charge in [-0.05, 0) is 110 Å². The molecule has 3 fully saturated rings. The molecule has 2 aromatic rings. The van der Waals surface area contributed by atoms with Crippen LogP contribution in [-0.2, 0) is 38.0 Å². The minimum absolute atomic E-state index is 0.0356. The Balaban J connectivity index is 0.000000225. The third-order valence-corrected chi connectivity index (χ3v) is 13.2. The largest absolute Gasteiger partial charge is 0.396 e. The average molecular weight is 733 g/mol. The first kappa shape index (κ1) is 41.6. The van der Waals surface area contributed by atoms with Gasteiger partial charge in [0.25, 0.3) is 0 Å². The lowest BCUT2D eigenvalue weighted by molar-refractivity contribution is -0.162. The van der Waals surface area contributed by atoms with Crippen molar-refractivity contribution in [1.29, 1.82) is 0 Å². The van der Waals surface area contributed by atoms with Crippen LogP contribution in [0.1, 0.15) is 118 Å². The van der Waals surface area contributed by atoms with Crippen molar-refractivity contribution in [3.05, 3.63) is 68.7 Å². The number of aliphatic hydroxyl groups is 1. The summed E-state index contributed by atoms with van der Waals surface area (Å²) in [6, 6.07) is 12.8. The molecule has 7 heteroatoms. The molecular formula is C43H67Cl2NO4. The van der Waals surface area contributed by atoms with Crippen molar-refractivity contribution in [2.75, 3.05) is 33.0 Å². The number of hydrogen-bond acceptors (Lipinski definition) is 5. The zero-order chi connectivity index (χ0) is 37.5. The first-order chi connectivity index (χ1) is 23.0. The fourth-order valence-electron chi connectivity index (χ4n) is 7.93. The van der Waals surface area contributed by atoms with Gasteiger partial charge in [0.05, 0.1) is 43.2 Å². The van der Waals surface area contributed by atoms with Crippen LogP contribution in [0.25, 0.3) is 0 Å². The Bertz CT molecular complexity index is 1450. The molecule has 6 atom stereocenters. The molecule has 0 aromatic heterocycles. The van der Waals surface area contributed by atoms with E-state index in [1.807, 2.05) is 6.07 Å². The molecular weight excluding hydrogens is 665 g/mol. The van der Waals surface area contributed by atoms with Gasteiger partial charge >= 0.3 is 0 Å². The lowest BCUT2D eigenvalue weighted by atomic mass is 9.63. The topological polar surface area (TPSA) is 73.9 Å². The highest BCUT2D eigenvalue weighted by molar-refractivity contribution is 6.31. The summed E-state index contributed by atoms with van der Waals surface area (Å²) in [5.41, 5.74) is 10.8. The monoisotopic (exact) mass is 731 g/mol. The van der Waals surface area contributed by atoms with E-state index in [0.717, 1.165) is 60.1 Å². The highest BCUT2D eigenvalue weighted by Gasteiger charge is 2.55. The molecule has 0 aliphatic carbocycles. The second-order valence-corrected chi connectivity index (χ2v) is 20.0. The number of ether oxygens (including phenoxy) is 3. The summed E-state index contributed by atoms with van der Waals surface area (Å²) in [4.78, 5) is 0. The van der Waals surface area contributed by atoms with Gasteiger partial charge in [-0.25, -0.2) is 0 Å². The van der Waals surface area contributed by atoms with Crippen LogP contribution in [-0.4, -0.2) is 49.3 Å². The van der Waals surface area contributed by atoms with E-state index in [1.165, 1.54) is 11.1 Å². The molecule has 3 heterocycles. The molecule has 0 spiro atoms. The number of hydrogen-bond donors (Lipinski definition) is 2. The Morgan fingerprint density at radius 2 is 1.22 bits per heavy atom. The summed E-state index contributed by atoms with van der Waals surface area (Å²) in [6.07, 6.45) is 4.18. The first-order valence-corrected chi connectivity index (χ1v) is 19.5. The Hall–Kier alpha value is -1.18. The molecule has 0 amide bonds. The van der Waals surface area contributed by atoms with E-state index in [4.69, 9.17) is 43.1 Å². The van der Waals surface area contributed by atoms with E-state index in [9.17, 15) is 5.11 Å². The molecule has 3 aliphatic heterocycles. The van der Waals surface area contributed by atoms with Crippen LogP contribution < -0.4 is 5.73 Å². The number of rotatable bonds is 7. The summed E-state index contributed by atoms with van der Waals surface area (Å²) in [6.45, 7) is 29.1. The second kappa shape index (κ2) is 15.3. The van der Waals surface area contributed by atoms with E-state index >= 15 is 0 Å². The van der Waals surface area contributed by atoms with Gasteiger partial charge in [0.2, 0.25) is 0 Å². The van der Waals surface area contributed by atoms with Gasteiger partial charge in [0, 0.05) is 33.9 Å². The zero-order valence-corrected chi connectivity index (χ0v) is 34.7. The molecule has 3 saturated heterocycles. The standard InChI is InChI=1S/C22H33ClO2.C21H34ClNO2/c1-15-18-12-24-13-22(18,14-25-21(15,5)6)17-8-7-16(19(23)11-17)9-10-20(2,3)4;1-14-17(12-24)21(23,13-25-20(14,5)6)16-8-7-15(18(22)11-16)9-10-19(2,3)4/h7-8,11,15,18H,9-10,12-14H2,1-6H3;7-8,11,14,17,24H,9-10,12-13,23H2,1-6H3. The molecule has 5 rings (SSSR count). The van der Waals surface area contributed by atoms with Crippen molar-refractivity contribution >= 4 is 23.2 Å². The summed E-state index contributed by atoms with van der Waals surface area (Å²) < 4.78 is 18.3. The van der Waals surface area contributed by atoms with Crippen molar-refractivity contribution in [2.24, 2.45) is 40.2 Å². The minimum atomic E-state index is -0.726. The van der Waals surface area contributed by atoms with Gasteiger partial charge in [-0.15, -0.1) is 0 Å². The maximum Gasteiger partial charge on any atom is 0.0701 e. The van der Waals surface area contributed by atoms with E-state index in [1.54, 1.807) is 0 Å². The Morgan fingerprint density at radius 1 is 0.740 bits per heavy atom. The van der Waals surface area contributed by atoms with Gasteiger partial charge in [0.15, 0.2) is 0 Å². The lowest BCUT2D eigenvalue weighted by Crippen LogP contribution is -2.61. The van der Waals surface area contributed by atoms with Crippen molar-refractivity contribution in [1.82, 2.24) is 0 Å². The van der Waals surface area contributed by atoms with Gasteiger partial charge in [-0.2, -0.15) is 0 Å². The summed E-state index contributed by atoms with van der Waals surface area (Å²) >= 11 is 13.2. The van der Waals surface area contributed by atoms with Crippen molar-refractivity contribution in [3.8, 4) is 0 Å².